The predicted molar refractivity (Wildman–Crippen MR) is 131 cm³/mol. The van der Waals surface area contributed by atoms with E-state index in [1.54, 1.807) is 32.9 Å². The fourth-order valence-electron chi connectivity index (χ4n) is 3.88. The van der Waals surface area contributed by atoms with E-state index in [0.717, 1.165) is 25.9 Å². The molecule has 0 aliphatic carbocycles. The maximum absolute atomic E-state index is 13.9. The number of hydrogen-bond acceptors (Lipinski definition) is 8. The van der Waals surface area contributed by atoms with E-state index in [4.69, 9.17) is 14.2 Å². The van der Waals surface area contributed by atoms with Crippen LogP contribution in [0.25, 0.3) is 0 Å². The Kier molecular flexibility index (Phi) is 8.07. The molecule has 190 valence electrons. The summed E-state index contributed by atoms with van der Waals surface area (Å²) in [6.45, 7) is 6.94. The second-order valence-electron chi connectivity index (χ2n) is 9.21. The van der Waals surface area contributed by atoms with E-state index in [-0.39, 0.29) is 16.1 Å². The lowest BCUT2D eigenvalue weighted by atomic mass is 10.1. The Balaban J connectivity index is 2.25. The number of benzene rings is 2. The van der Waals surface area contributed by atoms with Gasteiger partial charge in [-0.2, -0.15) is 4.31 Å². The van der Waals surface area contributed by atoms with E-state index in [2.05, 4.69) is 4.90 Å². The van der Waals surface area contributed by atoms with Gasteiger partial charge in [0.25, 0.3) is 10.0 Å². The van der Waals surface area contributed by atoms with Crippen molar-refractivity contribution < 1.29 is 32.2 Å². The Morgan fingerprint density at radius 2 is 1.63 bits per heavy atom. The summed E-state index contributed by atoms with van der Waals surface area (Å²) in [6.07, 6.45) is 0.921. The summed E-state index contributed by atoms with van der Waals surface area (Å²) < 4.78 is 44.0. The van der Waals surface area contributed by atoms with Crippen LogP contribution >= 0.6 is 0 Å². The molecule has 1 amide bonds. The third-order valence-electron chi connectivity index (χ3n) is 5.48. The van der Waals surface area contributed by atoms with Crippen LogP contribution in [0.3, 0.4) is 0 Å². The molecule has 10 heteroatoms. The number of sulfonamides is 1. The summed E-state index contributed by atoms with van der Waals surface area (Å²) in [4.78, 5) is 28.2. The molecule has 0 spiro atoms. The van der Waals surface area contributed by atoms with Crippen molar-refractivity contribution in [2.45, 2.75) is 50.7 Å². The summed E-state index contributed by atoms with van der Waals surface area (Å²) in [5.74, 6) is -0.306. The average Bonchev–Trinajstić information content (AvgIpc) is 3.31. The summed E-state index contributed by atoms with van der Waals surface area (Å²) in [6, 6.07) is 10.4. The molecule has 0 unspecified atom stereocenters. The SMILES string of the molecule is COC(=O)c1cccc(CN2CCCC2)c1N(C(=O)OC(C)(C)C)S(=O)(=O)c1ccc(OC)cc1. The molecular weight excluding hydrogens is 472 g/mol. The van der Waals surface area contributed by atoms with Gasteiger partial charge >= 0.3 is 12.1 Å². The van der Waals surface area contributed by atoms with Gasteiger partial charge in [0.05, 0.1) is 30.4 Å². The molecule has 1 aliphatic rings. The number of esters is 1. The van der Waals surface area contributed by atoms with Crippen LogP contribution in [-0.4, -0.2) is 58.3 Å². The minimum absolute atomic E-state index is 0.0489. The number of ether oxygens (including phenoxy) is 3. The lowest BCUT2D eigenvalue weighted by molar-refractivity contribution is 0.0600. The quantitative estimate of drug-likeness (QED) is 0.517. The van der Waals surface area contributed by atoms with Crippen molar-refractivity contribution in [3.8, 4) is 5.75 Å². The summed E-state index contributed by atoms with van der Waals surface area (Å²) in [5.41, 5.74) is -0.610. The van der Waals surface area contributed by atoms with E-state index in [9.17, 15) is 18.0 Å². The van der Waals surface area contributed by atoms with Gasteiger partial charge in [-0.1, -0.05) is 12.1 Å². The standard InChI is InChI=1S/C25H32N2O7S/c1-25(2,3)34-24(29)27(35(30,31)20-13-11-19(32-4)12-14-20)22-18(17-26-15-6-7-16-26)9-8-10-21(22)23(28)33-5/h8-14H,6-7,15-17H2,1-5H3. The summed E-state index contributed by atoms with van der Waals surface area (Å²) >= 11 is 0. The molecule has 2 aromatic rings. The first-order valence-corrected chi connectivity index (χ1v) is 12.8. The topological polar surface area (TPSA) is 102 Å². The highest BCUT2D eigenvalue weighted by atomic mass is 32.2. The van der Waals surface area contributed by atoms with Crippen LogP contribution < -0.4 is 9.04 Å². The Morgan fingerprint density at radius 3 is 2.17 bits per heavy atom. The van der Waals surface area contributed by atoms with Gasteiger partial charge in [-0.05, 0) is 82.6 Å². The molecule has 0 atom stereocenters. The van der Waals surface area contributed by atoms with Crippen LogP contribution in [0.15, 0.2) is 47.4 Å². The second-order valence-corrected chi connectivity index (χ2v) is 11.0. The fraction of sp³-hybridized carbons (Fsp3) is 0.440. The van der Waals surface area contributed by atoms with Gasteiger partial charge in [0, 0.05) is 6.54 Å². The largest absolute Gasteiger partial charge is 0.497 e. The average molecular weight is 505 g/mol. The van der Waals surface area contributed by atoms with Crippen molar-refractivity contribution in [2.24, 2.45) is 0 Å². The van der Waals surface area contributed by atoms with Crippen LogP contribution in [0.2, 0.25) is 0 Å². The third-order valence-corrected chi connectivity index (χ3v) is 7.16. The normalized spacial score (nSPS) is 14.4. The van der Waals surface area contributed by atoms with Crippen molar-refractivity contribution in [1.29, 1.82) is 0 Å². The number of methoxy groups -OCH3 is 2. The number of nitrogens with zero attached hydrogens (tertiary/aromatic N) is 2. The van der Waals surface area contributed by atoms with Crippen LogP contribution in [0.1, 0.15) is 49.5 Å². The Bertz CT molecular complexity index is 1170. The number of anilines is 1. The number of rotatable bonds is 7. The minimum atomic E-state index is -4.49. The lowest BCUT2D eigenvalue weighted by Crippen LogP contribution is -2.42. The van der Waals surface area contributed by atoms with Crippen LogP contribution in [0.5, 0.6) is 5.75 Å². The molecule has 1 saturated heterocycles. The van der Waals surface area contributed by atoms with Gasteiger partial charge in [0.1, 0.15) is 11.4 Å². The van der Waals surface area contributed by atoms with E-state index < -0.39 is 27.7 Å². The molecule has 0 radical (unpaired) electrons. The highest BCUT2D eigenvalue weighted by molar-refractivity contribution is 7.93. The first-order valence-electron chi connectivity index (χ1n) is 11.3. The highest BCUT2D eigenvalue weighted by Gasteiger charge is 2.39. The van der Waals surface area contributed by atoms with Crippen molar-refractivity contribution in [1.82, 2.24) is 4.90 Å². The molecule has 0 saturated carbocycles. The van der Waals surface area contributed by atoms with Gasteiger partial charge in [-0.25, -0.2) is 18.0 Å². The number of para-hydroxylation sites is 1. The summed E-state index contributed by atoms with van der Waals surface area (Å²) in [7, 11) is -1.82. The number of carbonyl (C=O) groups excluding carboxylic acids is 2. The zero-order valence-corrected chi connectivity index (χ0v) is 21.6. The zero-order valence-electron chi connectivity index (χ0n) is 20.7. The van der Waals surface area contributed by atoms with Gasteiger partial charge in [-0.15, -0.1) is 0 Å². The molecule has 3 rings (SSSR count). The molecule has 9 nitrogen and oxygen atoms in total. The fourth-order valence-corrected chi connectivity index (χ4v) is 5.26. The van der Waals surface area contributed by atoms with Crippen molar-refractivity contribution >= 4 is 27.8 Å². The van der Waals surface area contributed by atoms with Gasteiger partial charge in [0.2, 0.25) is 0 Å². The minimum Gasteiger partial charge on any atom is -0.497 e. The number of amides is 1. The molecular formula is C25H32N2O7S. The van der Waals surface area contributed by atoms with Gasteiger partial charge in [0.15, 0.2) is 0 Å². The highest BCUT2D eigenvalue weighted by Crippen LogP contribution is 2.35. The van der Waals surface area contributed by atoms with Crippen LogP contribution in [0.4, 0.5) is 10.5 Å². The summed E-state index contributed by atoms with van der Waals surface area (Å²) in [5, 5.41) is 0. The Hall–Kier alpha value is -3.11. The molecule has 1 aliphatic heterocycles. The van der Waals surface area contributed by atoms with E-state index >= 15 is 0 Å². The monoisotopic (exact) mass is 504 g/mol. The van der Waals surface area contributed by atoms with Crippen LogP contribution in [-0.2, 0) is 26.0 Å². The maximum atomic E-state index is 13.9. The van der Waals surface area contributed by atoms with Crippen molar-refractivity contribution in [2.75, 3.05) is 31.6 Å². The molecule has 1 heterocycles. The van der Waals surface area contributed by atoms with Gasteiger partial charge in [-0.3, -0.25) is 4.90 Å². The third kappa shape index (κ3) is 6.12. The smallest absolute Gasteiger partial charge is 0.429 e. The maximum Gasteiger partial charge on any atom is 0.429 e. The Morgan fingerprint density at radius 1 is 1.00 bits per heavy atom. The van der Waals surface area contributed by atoms with Crippen molar-refractivity contribution in [3.63, 3.8) is 0 Å². The molecule has 2 aromatic carbocycles. The lowest BCUT2D eigenvalue weighted by Gasteiger charge is -2.30. The molecule has 1 fully saturated rings. The van der Waals surface area contributed by atoms with E-state index in [1.165, 1.54) is 44.6 Å². The van der Waals surface area contributed by atoms with Crippen molar-refractivity contribution in [3.05, 3.63) is 53.6 Å². The number of likely N-dealkylation sites (tertiary alicyclic amines) is 1. The Labute approximate surface area is 206 Å². The zero-order chi connectivity index (χ0) is 25.8. The van der Waals surface area contributed by atoms with Gasteiger partial charge < -0.3 is 14.2 Å². The molecule has 35 heavy (non-hydrogen) atoms. The molecule has 0 N–H and O–H groups in total. The van der Waals surface area contributed by atoms with E-state index in [1.807, 2.05) is 0 Å². The first kappa shape index (κ1) is 26.5. The van der Waals surface area contributed by atoms with Crippen LogP contribution in [0, 0.1) is 0 Å². The predicted octanol–water partition coefficient (Wildman–Crippen LogP) is 4.21. The molecule has 0 bridgehead atoms. The van der Waals surface area contributed by atoms with E-state index in [0.29, 0.717) is 22.2 Å². The molecule has 0 aromatic heterocycles. The number of hydrogen-bond donors (Lipinski definition) is 0. The second kappa shape index (κ2) is 10.7. The number of carbonyl (C=O) groups is 2. The first-order chi connectivity index (χ1) is 16.5.